The molecule has 5 heteroatoms. The summed E-state index contributed by atoms with van der Waals surface area (Å²) >= 11 is 0. The summed E-state index contributed by atoms with van der Waals surface area (Å²) in [4.78, 5) is 34.9. The van der Waals surface area contributed by atoms with E-state index < -0.39 is 17.2 Å². The van der Waals surface area contributed by atoms with Crippen LogP contribution in [0.2, 0.25) is 0 Å². The number of hydrogen-bond donors (Lipinski definition) is 0. The molecule has 0 atom stereocenters. The molecule has 0 N–H and O–H groups in total. The maximum Gasteiger partial charge on any atom is 0.338 e. The molecular formula is C11H10N2O3. The second-order valence-corrected chi connectivity index (χ2v) is 3.52. The first kappa shape index (κ1) is 10.4. The smallest absolute Gasteiger partial charge is 0.296 e. The van der Waals surface area contributed by atoms with E-state index >= 15 is 0 Å². The predicted octanol–water partition coefficient (Wildman–Crippen LogP) is 0.360. The molecular weight excluding hydrogens is 208 g/mol. The fraction of sp³-hybridized carbons (Fsp3) is 0.182. The molecule has 0 aliphatic rings. The Balaban J connectivity index is 3.14. The molecule has 16 heavy (non-hydrogen) atoms. The monoisotopic (exact) mass is 218 g/mol. The molecule has 2 rings (SSSR count). The molecule has 0 radical (unpaired) electrons. The third-order valence-electron chi connectivity index (χ3n) is 2.49. The Hall–Kier alpha value is -2.17. The van der Waals surface area contributed by atoms with Crippen molar-refractivity contribution in [3.63, 3.8) is 0 Å². The van der Waals surface area contributed by atoms with E-state index in [4.69, 9.17) is 0 Å². The highest BCUT2D eigenvalue weighted by Crippen LogP contribution is 2.05. The zero-order chi connectivity index (χ0) is 11.9. The summed E-state index contributed by atoms with van der Waals surface area (Å²) < 4.78 is 1.93. The number of hydrogen-bond acceptors (Lipinski definition) is 3. The molecule has 0 fully saturated rings. The maximum atomic E-state index is 11.9. The van der Waals surface area contributed by atoms with Crippen molar-refractivity contribution in [2.24, 2.45) is 7.05 Å². The van der Waals surface area contributed by atoms with Crippen molar-refractivity contribution in [1.82, 2.24) is 9.13 Å². The number of carbonyl (C=O) groups is 1. The number of aromatic nitrogens is 2. The molecule has 0 amide bonds. The van der Waals surface area contributed by atoms with E-state index in [0.29, 0.717) is 15.5 Å². The van der Waals surface area contributed by atoms with E-state index in [-0.39, 0.29) is 0 Å². The van der Waals surface area contributed by atoms with Crippen molar-refractivity contribution in [1.29, 1.82) is 0 Å². The van der Waals surface area contributed by atoms with Gasteiger partial charge in [0.2, 0.25) is 5.91 Å². The summed E-state index contributed by atoms with van der Waals surface area (Å²) in [5.41, 5.74) is -0.655. The van der Waals surface area contributed by atoms with Crippen LogP contribution in [-0.2, 0) is 7.05 Å². The molecule has 0 spiro atoms. The van der Waals surface area contributed by atoms with E-state index in [1.54, 1.807) is 24.3 Å². The van der Waals surface area contributed by atoms with Crippen LogP contribution < -0.4 is 11.2 Å². The molecule has 0 saturated heterocycles. The molecule has 0 aliphatic carbocycles. The van der Waals surface area contributed by atoms with Gasteiger partial charge in [-0.25, -0.2) is 4.79 Å². The van der Waals surface area contributed by atoms with Crippen molar-refractivity contribution >= 4 is 16.8 Å². The fourth-order valence-corrected chi connectivity index (χ4v) is 1.69. The van der Waals surface area contributed by atoms with Crippen molar-refractivity contribution in [3.8, 4) is 0 Å². The molecule has 0 bridgehead atoms. The summed E-state index contributed by atoms with van der Waals surface area (Å²) in [5, 5.41) is 0.361. The minimum Gasteiger partial charge on any atom is -0.296 e. The Labute approximate surface area is 90.6 Å². The molecule has 1 aromatic heterocycles. The molecule has 1 aromatic carbocycles. The predicted molar refractivity (Wildman–Crippen MR) is 59.7 cm³/mol. The van der Waals surface area contributed by atoms with Gasteiger partial charge in [-0.15, -0.1) is 0 Å². The number of aryl methyl sites for hydroxylation is 1. The molecule has 0 aliphatic heterocycles. The van der Waals surface area contributed by atoms with Crippen LogP contribution in [0.25, 0.3) is 10.9 Å². The minimum atomic E-state index is -0.615. The number of para-hydroxylation sites is 1. The quantitative estimate of drug-likeness (QED) is 0.641. The van der Waals surface area contributed by atoms with Crippen molar-refractivity contribution in [2.75, 3.05) is 0 Å². The zero-order valence-corrected chi connectivity index (χ0v) is 8.93. The van der Waals surface area contributed by atoms with Crippen molar-refractivity contribution in [2.45, 2.75) is 6.92 Å². The average molecular weight is 218 g/mol. The minimum absolute atomic E-state index is 0.361. The second-order valence-electron chi connectivity index (χ2n) is 3.52. The maximum absolute atomic E-state index is 11.9. The van der Waals surface area contributed by atoms with Gasteiger partial charge in [-0.3, -0.25) is 14.2 Å². The van der Waals surface area contributed by atoms with Crippen LogP contribution in [0.5, 0.6) is 0 Å². The molecule has 2 aromatic rings. The lowest BCUT2D eigenvalue weighted by Crippen LogP contribution is -2.41. The van der Waals surface area contributed by atoms with Crippen molar-refractivity contribution < 1.29 is 4.79 Å². The van der Waals surface area contributed by atoms with E-state index in [0.717, 1.165) is 0 Å². The van der Waals surface area contributed by atoms with E-state index in [2.05, 4.69) is 0 Å². The fourth-order valence-electron chi connectivity index (χ4n) is 1.69. The van der Waals surface area contributed by atoms with Crippen LogP contribution in [0, 0.1) is 0 Å². The number of benzene rings is 1. The van der Waals surface area contributed by atoms with Crippen LogP contribution in [0.1, 0.15) is 11.7 Å². The Morgan fingerprint density at radius 3 is 2.44 bits per heavy atom. The standard InChI is InChI=1S/C11H10N2O3/c1-7(14)13-10(15)8-5-3-4-6-9(8)12(2)11(13)16/h3-6H,1-2H3. The van der Waals surface area contributed by atoms with Gasteiger partial charge in [0.1, 0.15) is 0 Å². The molecule has 0 unspecified atom stereocenters. The Bertz CT molecular complexity index is 694. The van der Waals surface area contributed by atoms with Gasteiger partial charge in [-0.05, 0) is 12.1 Å². The number of carbonyl (C=O) groups excluding carboxylic acids is 1. The number of nitrogens with zero attached hydrogens (tertiary/aromatic N) is 2. The van der Waals surface area contributed by atoms with Crippen LogP contribution in [0.15, 0.2) is 33.9 Å². The van der Waals surface area contributed by atoms with Crippen LogP contribution in [0.4, 0.5) is 0 Å². The molecule has 1 heterocycles. The summed E-state index contributed by atoms with van der Waals surface area (Å²) in [5.74, 6) is -0.573. The normalized spacial score (nSPS) is 10.6. The van der Waals surface area contributed by atoms with Gasteiger partial charge >= 0.3 is 5.69 Å². The number of fused-ring (bicyclic) bond motifs is 1. The molecule has 5 nitrogen and oxygen atoms in total. The van der Waals surface area contributed by atoms with Crippen molar-refractivity contribution in [3.05, 3.63) is 45.1 Å². The largest absolute Gasteiger partial charge is 0.338 e. The van der Waals surface area contributed by atoms with Crippen LogP contribution >= 0.6 is 0 Å². The van der Waals surface area contributed by atoms with Gasteiger partial charge < -0.3 is 0 Å². The first-order valence-corrected chi connectivity index (χ1v) is 4.75. The summed E-state index contributed by atoms with van der Waals surface area (Å²) in [6, 6.07) is 6.69. The Kier molecular flexibility index (Phi) is 2.23. The number of rotatable bonds is 0. The first-order valence-electron chi connectivity index (χ1n) is 4.75. The average Bonchev–Trinajstić information content (AvgIpc) is 2.26. The first-order chi connectivity index (χ1) is 7.54. The van der Waals surface area contributed by atoms with Gasteiger partial charge in [0, 0.05) is 14.0 Å². The highest BCUT2D eigenvalue weighted by Gasteiger charge is 2.12. The third-order valence-corrected chi connectivity index (χ3v) is 2.49. The third kappa shape index (κ3) is 1.29. The lowest BCUT2D eigenvalue weighted by molar-refractivity contribution is 0.0926. The zero-order valence-electron chi connectivity index (χ0n) is 8.93. The van der Waals surface area contributed by atoms with Crippen LogP contribution in [-0.4, -0.2) is 15.0 Å². The molecule has 0 saturated carbocycles. The van der Waals surface area contributed by atoms with Gasteiger partial charge in [0.05, 0.1) is 10.9 Å². The highest BCUT2D eigenvalue weighted by atomic mass is 16.2. The summed E-state index contributed by atoms with van der Waals surface area (Å²) in [6.07, 6.45) is 0. The Morgan fingerprint density at radius 2 is 1.81 bits per heavy atom. The van der Waals surface area contributed by atoms with Gasteiger partial charge in [0.15, 0.2) is 0 Å². The van der Waals surface area contributed by atoms with Crippen LogP contribution in [0.3, 0.4) is 0 Å². The SMILES string of the molecule is CC(=O)n1c(=O)c2ccccc2n(C)c1=O. The lowest BCUT2D eigenvalue weighted by atomic mass is 10.2. The summed E-state index contributed by atoms with van der Waals surface area (Å²) in [7, 11) is 1.53. The van der Waals surface area contributed by atoms with E-state index in [9.17, 15) is 14.4 Å². The highest BCUT2D eigenvalue weighted by molar-refractivity contribution is 5.82. The lowest BCUT2D eigenvalue weighted by Gasteiger charge is -2.07. The van der Waals surface area contributed by atoms with E-state index in [1.165, 1.54) is 18.5 Å². The topological polar surface area (TPSA) is 61.1 Å². The van der Waals surface area contributed by atoms with Gasteiger partial charge in [-0.2, -0.15) is 4.57 Å². The second kappa shape index (κ2) is 3.44. The summed E-state index contributed by atoms with van der Waals surface area (Å²) in [6.45, 7) is 1.19. The van der Waals surface area contributed by atoms with Gasteiger partial charge in [-0.1, -0.05) is 12.1 Å². The molecule has 82 valence electrons. The van der Waals surface area contributed by atoms with E-state index in [1.807, 2.05) is 0 Å². The van der Waals surface area contributed by atoms with Gasteiger partial charge in [0.25, 0.3) is 5.56 Å². The Morgan fingerprint density at radius 1 is 1.19 bits per heavy atom.